The molecule has 0 radical (unpaired) electrons. The topological polar surface area (TPSA) is 95.7 Å². The van der Waals surface area contributed by atoms with Crippen LogP contribution in [-0.2, 0) is 14.4 Å². The van der Waals surface area contributed by atoms with Crippen molar-refractivity contribution in [3.63, 3.8) is 0 Å². The first-order valence-corrected chi connectivity index (χ1v) is 8.89. The largest absolute Gasteiger partial charge is 0.369 e. The van der Waals surface area contributed by atoms with Crippen molar-refractivity contribution < 1.29 is 14.4 Å². The van der Waals surface area contributed by atoms with Gasteiger partial charge in [-0.3, -0.25) is 19.3 Å². The van der Waals surface area contributed by atoms with Crippen LogP contribution >= 0.6 is 0 Å². The van der Waals surface area contributed by atoms with E-state index in [0.717, 1.165) is 16.8 Å². The lowest BCUT2D eigenvalue weighted by Gasteiger charge is -2.31. The Morgan fingerprint density at radius 2 is 1.88 bits per heavy atom. The normalized spacial score (nSPS) is 15.5. The number of piperidine rings is 1. The van der Waals surface area contributed by atoms with Crippen molar-refractivity contribution in [1.29, 1.82) is 0 Å². The summed E-state index contributed by atoms with van der Waals surface area (Å²) in [5.41, 5.74) is 8.14. The van der Waals surface area contributed by atoms with Crippen molar-refractivity contribution in [2.75, 3.05) is 38.5 Å². The highest BCUT2D eigenvalue weighted by molar-refractivity contribution is 5.95. The lowest BCUT2D eigenvalue weighted by atomic mass is 9.96. The summed E-state index contributed by atoms with van der Waals surface area (Å²) in [4.78, 5) is 39.2. The number of rotatable bonds is 6. The van der Waals surface area contributed by atoms with Crippen molar-refractivity contribution in [1.82, 2.24) is 9.80 Å². The minimum absolute atomic E-state index is 0.00393. The molecule has 1 aromatic carbocycles. The third-order valence-corrected chi connectivity index (χ3v) is 4.82. The van der Waals surface area contributed by atoms with E-state index in [1.54, 1.807) is 7.05 Å². The van der Waals surface area contributed by atoms with Crippen LogP contribution in [0.1, 0.15) is 24.0 Å². The van der Waals surface area contributed by atoms with Crippen molar-refractivity contribution in [3.8, 4) is 0 Å². The van der Waals surface area contributed by atoms with Gasteiger partial charge in [0.15, 0.2) is 0 Å². The first-order chi connectivity index (χ1) is 12.3. The van der Waals surface area contributed by atoms with E-state index in [4.69, 9.17) is 5.73 Å². The fourth-order valence-electron chi connectivity index (χ4n) is 3.05. The van der Waals surface area contributed by atoms with Gasteiger partial charge in [-0.05, 0) is 57.0 Å². The van der Waals surface area contributed by atoms with E-state index in [9.17, 15) is 14.4 Å². The molecule has 1 aliphatic heterocycles. The number of hydrogen-bond acceptors (Lipinski definition) is 4. The lowest BCUT2D eigenvalue weighted by Crippen LogP contribution is -2.45. The minimum Gasteiger partial charge on any atom is -0.369 e. The zero-order chi connectivity index (χ0) is 19.3. The van der Waals surface area contributed by atoms with Gasteiger partial charge in [0.1, 0.15) is 0 Å². The van der Waals surface area contributed by atoms with Crippen molar-refractivity contribution in [2.24, 2.45) is 11.7 Å². The van der Waals surface area contributed by atoms with Crippen LogP contribution < -0.4 is 11.1 Å². The molecule has 1 aromatic rings. The quantitative estimate of drug-likeness (QED) is 0.788. The summed E-state index contributed by atoms with van der Waals surface area (Å²) < 4.78 is 0. The van der Waals surface area contributed by atoms with Gasteiger partial charge in [-0.15, -0.1) is 0 Å². The van der Waals surface area contributed by atoms with Crippen LogP contribution in [0.25, 0.3) is 0 Å². The molecule has 1 aliphatic rings. The average Bonchev–Trinajstić information content (AvgIpc) is 2.58. The second-order valence-corrected chi connectivity index (χ2v) is 7.07. The predicted molar refractivity (Wildman–Crippen MR) is 101 cm³/mol. The molecule has 0 unspecified atom stereocenters. The molecule has 26 heavy (non-hydrogen) atoms. The zero-order valence-electron chi connectivity index (χ0n) is 15.7. The number of nitrogens with one attached hydrogen (secondary N) is 1. The summed E-state index contributed by atoms with van der Waals surface area (Å²) in [6.45, 7) is 5.48. The third-order valence-electron chi connectivity index (χ3n) is 4.82. The van der Waals surface area contributed by atoms with Crippen LogP contribution in [0, 0.1) is 19.8 Å². The van der Waals surface area contributed by atoms with Crippen molar-refractivity contribution >= 4 is 23.4 Å². The molecule has 1 fully saturated rings. The summed E-state index contributed by atoms with van der Waals surface area (Å²) in [6.07, 6.45) is 1.36. The molecule has 0 atom stereocenters. The Morgan fingerprint density at radius 3 is 2.50 bits per heavy atom. The highest BCUT2D eigenvalue weighted by Crippen LogP contribution is 2.17. The lowest BCUT2D eigenvalue weighted by molar-refractivity contribution is -0.134. The van der Waals surface area contributed by atoms with Gasteiger partial charge in [-0.2, -0.15) is 0 Å². The molecule has 2 rings (SSSR count). The number of carbonyl (C=O) groups excluding carboxylic acids is 3. The molecule has 0 bridgehead atoms. The smallest absolute Gasteiger partial charge is 0.243 e. The Morgan fingerprint density at radius 1 is 1.23 bits per heavy atom. The van der Waals surface area contributed by atoms with Gasteiger partial charge in [0.05, 0.1) is 13.1 Å². The molecule has 0 saturated carbocycles. The minimum atomic E-state index is -0.267. The summed E-state index contributed by atoms with van der Waals surface area (Å²) in [6, 6.07) is 5.86. The second kappa shape index (κ2) is 8.80. The van der Waals surface area contributed by atoms with E-state index < -0.39 is 0 Å². The van der Waals surface area contributed by atoms with E-state index in [1.807, 2.05) is 36.9 Å². The van der Waals surface area contributed by atoms with Crippen LogP contribution in [0.2, 0.25) is 0 Å². The Balaban J connectivity index is 1.80. The predicted octanol–water partition coefficient (Wildman–Crippen LogP) is 0.898. The van der Waals surface area contributed by atoms with Gasteiger partial charge in [0, 0.05) is 18.7 Å². The van der Waals surface area contributed by atoms with Gasteiger partial charge >= 0.3 is 0 Å². The van der Waals surface area contributed by atoms with E-state index in [1.165, 1.54) is 4.90 Å². The Kier molecular flexibility index (Phi) is 6.74. The Bertz CT molecular complexity index is 681. The third kappa shape index (κ3) is 5.56. The van der Waals surface area contributed by atoms with Crippen LogP contribution in [0.15, 0.2) is 18.2 Å². The van der Waals surface area contributed by atoms with Crippen LogP contribution in [0.5, 0.6) is 0 Å². The van der Waals surface area contributed by atoms with Crippen molar-refractivity contribution in [3.05, 3.63) is 29.3 Å². The van der Waals surface area contributed by atoms with E-state index in [-0.39, 0.29) is 36.7 Å². The number of aryl methyl sites for hydroxylation is 2. The van der Waals surface area contributed by atoms with Crippen LogP contribution in [0.4, 0.5) is 5.69 Å². The zero-order valence-corrected chi connectivity index (χ0v) is 15.7. The highest BCUT2D eigenvalue weighted by atomic mass is 16.2. The molecule has 142 valence electrons. The molecule has 0 aromatic heterocycles. The van der Waals surface area contributed by atoms with E-state index in [0.29, 0.717) is 25.9 Å². The van der Waals surface area contributed by atoms with Gasteiger partial charge < -0.3 is 16.0 Å². The summed E-state index contributed by atoms with van der Waals surface area (Å²) in [5.74, 6) is -0.695. The number of carbonyl (C=O) groups is 3. The number of nitrogens with two attached hydrogens (primary N) is 1. The number of primary amides is 1. The number of likely N-dealkylation sites (tertiary alicyclic amines) is 1. The van der Waals surface area contributed by atoms with Gasteiger partial charge in [0.25, 0.3) is 0 Å². The molecule has 0 aliphatic carbocycles. The van der Waals surface area contributed by atoms with Crippen LogP contribution in [0.3, 0.4) is 0 Å². The van der Waals surface area contributed by atoms with Crippen LogP contribution in [-0.4, -0.2) is 60.7 Å². The molecule has 0 spiro atoms. The van der Waals surface area contributed by atoms with E-state index in [2.05, 4.69) is 5.32 Å². The molecule has 7 nitrogen and oxygen atoms in total. The van der Waals surface area contributed by atoms with Gasteiger partial charge in [-0.25, -0.2) is 0 Å². The number of hydrogen-bond donors (Lipinski definition) is 2. The molecular weight excluding hydrogens is 332 g/mol. The first kappa shape index (κ1) is 19.9. The van der Waals surface area contributed by atoms with Gasteiger partial charge in [-0.1, -0.05) is 12.1 Å². The summed E-state index contributed by atoms with van der Waals surface area (Å²) in [5, 5.41) is 2.86. The molecular formula is C19H28N4O3. The maximum Gasteiger partial charge on any atom is 0.243 e. The first-order valence-electron chi connectivity index (χ1n) is 8.89. The molecule has 3 N–H and O–H groups in total. The SMILES string of the molecule is Cc1ccc(C)c(NC(=O)CN(C)C(=O)CN2CCC(C(N)=O)CC2)c1. The number of amides is 3. The summed E-state index contributed by atoms with van der Waals surface area (Å²) in [7, 11) is 1.63. The highest BCUT2D eigenvalue weighted by Gasteiger charge is 2.25. The maximum atomic E-state index is 12.3. The fourth-order valence-corrected chi connectivity index (χ4v) is 3.05. The van der Waals surface area contributed by atoms with E-state index >= 15 is 0 Å². The standard InChI is InChI=1S/C19H28N4O3/c1-13-4-5-14(2)16(10-13)21-17(24)11-22(3)18(25)12-23-8-6-15(7-9-23)19(20)26/h4-5,10,15H,6-9,11-12H2,1-3H3,(H2,20,26)(H,21,24). The number of likely N-dealkylation sites (N-methyl/N-ethyl adjacent to an activating group) is 1. The maximum absolute atomic E-state index is 12.3. The monoisotopic (exact) mass is 360 g/mol. The Labute approximate surface area is 154 Å². The fraction of sp³-hybridized carbons (Fsp3) is 0.526. The molecule has 1 saturated heterocycles. The Hall–Kier alpha value is -2.41. The second-order valence-electron chi connectivity index (χ2n) is 7.07. The summed E-state index contributed by atoms with van der Waals surface area (Å²) >= 11 is 0. The van der Waals surface area contributed by atoms with Gasteiger partial charge in [0.2, 0.25) is 17.7 Å². The number of nitrogens with zero attached hydrogens (tertiary/aromatic N) is 2. The average molecular weight is 360 g/mol. The number of anilines is 1. The molecule has 7 heteroatoms. The number of benzene rings is 1. The van der Waals surface area contributed by atoms with Crippen molar-refractivity contribution in [2.45, 2.75) is 26.7 Å². The molecule has 1 heterocycles. The molecule has 3 amide bonds.